The SMILES string of the molecule is CSC1CNCC1N(C)Cc1ccc(C)o1. The van der Waals surface area contributed by atoms with Crippen LogP contribution in [0.25, 0.3) is 0 Å². The largest absolute Gasteiger partial charge is 0.465 e. The Balaban J connectivity index is 1.94. The minimum absolute atomic E-state index is 0.611. The minimum atomic E-state index is 0.611. The molecule has 0 amide bonds. The molecule has 2 unspecified atom stereocenters. The van der Waals surface area contributed by atoms with Gasteiger partial charge < -0.3 is 9.73 Å². The van der Waals surface area contributed by atoms with E-state index in [9.17, 15) is 0 Å². The number of nitrogens with zero attached hydrogens (tertiary/aromatic N) is 1. The van der Waals surface area contributed by atoms with Crippen molar-refractivity contribution < 1.29 is 4.42 Å². The molecule has 0 saturated carbocycles. The summed E-state index contributed by atoms with van der Waals surface area (Å²) >= 11 is 1.95. The van der Waals surface area contributed by atoms with Gasteiger partial charge >= 0.3 is 0 Å². The highest BCUT2D eigenvalue weighted by atomic mass is 32.2. The number of nitrogens with one attached hydrogen (secondary N) is 1. The molecule has 90 valence electrons. The zero-order chi connectivity index (χ0) is 11.5. The molecule has 1 N–H and O–H groups in total. The molecule has 0 radical (unpaired) electrons. The maximum Gasteiger partial charge on any atom is 0.118 e. The average Bonchev–Trinajstić information content (AvgIpc) is 2.86. The van der Waals surface area contributed by atoms with Gasteiger partial charge in [-0.15, -0.1) is 0 Å². The average molecular weight is 240 g/mol. The van der Waals surface area contributed by atoms with Gasteiger partial charge in [0.2, 0.25) is 0 Å². The molecule has 1 aliphatic rings. The van der Waals surface area contributed by atoms with Crippen molar-refractivity contribution in [3.63, 3.8) is 0 Å². The highest BCUT2D eigenvalue weighted by Crippen LogP contribution is 2.21. The lowest BCUT2D eigenvalue weighted by molar-refractivity contribution is 0.231. The van der Waals surface area contributed by atoms with E-state index in [0.717, 1.165) is 31.2 Å². The predicted octanol–water partition coefficient (Wildman–Crippen LogP) is 1.72. The van der Waals surface area contributed by atoms with E-state index in [2.05, 4.69) is 29.6 Å². The van der Waals surface area contributed by atoms with E-state index in [-0.39, 0.29) is 0 Å². The van der Waals surface area contributed by atoms with Crippen LogP contribution in [0.1, 0.15) is 11.5 Å². The van der Waals surface area contributed by atoms with Gasteiger partial charge in [0, 0.05) is 24.4 Å². The Morgan fingerprint density at radius 1 is 1.50 bits per heavy atom. The minimum Gasteiger partial charge on any atom is -0.465 e. The van der Waals surface area contributed by atoms with E-state index in [1.165, 1.54) is 0 Å². The fourth-order valence-corrected chi connectivity index (χ4v) is 3.16. The van der Waals surface area contributed by atoms with Crippen LogP contribution in [0.4, 0.5) is 0 Å². The van der Waals surface area contributed by atoms with Crippen LogP contribution in [0, 0.1) is 6.92 Å². The Morgan fingerprint density at radius 2 is 2.31 bits per heavy atom. The molecule has 2 atom stereocenters. The molecule has 0 bridgehead atoms. The quantitative estimate of drug-likeness (QED) is 0.867. The monoisotopic (exact) mass is 240 g/mol. The number of hydrogen-bond acceptors (Lipinski definition) is 4. The number of thioether (sulfide) groups is 1. The van der Waals surface area contributed by atoms with Crippen LogP contribution in [0.2, 0.25) is 0 Å². The summed E-state index contributed by atoms with van der Waals surface area (Å²) in [5.41, 5.74) is 0. The maximum absolute atomic E-state index is 5.61. The van der Waals surface area contributed by atoms with Gasteiger partial charge in [-0.05, 0) is 32.4 Å². The second kappa shape index (κ2) is 5.25. The van der Waals surface area contributed by atoms with Gasteiger partial charge in [0.1, 0.15) is 11.5 Å². The molecule has 0 aromatic carbocycles. The first-order valence-corrected chi connectivity index (χ1v) is 6.98. The Labute approximate surface area is 102 Å². The first-order valence-electron chi connectivity index (χ1n) is 5.70. The Bertz CT molecular complexity index is 340. The van der Waals surface area contributed by atoms with E-state index < -0.39 is 0 Å². The summed E-state index contributed by atoms with van der Waals surface area (Å²) < 4.78 is 5.61. The number of aryl methyl sites for hydroxylation is 1. The van der Waals surface area contributed by atoms with Gasteiger partial charge in [0.05, 0.1) is 6.54 Å². The maximum atomic E-state index is 5.61. The van der Waals surface area contributed by atoms with Crippen LogP contribution in [0.3, 0.4) is 0 Å². The fraction of sp³-hybridized carbons (Fsp3) is 0.667. The summed E-state index contributed by atoms with van der Waals surface area (Å²) in [4.78, 5) is 2.39. The zero-order valence-corrected chi connectivity index (χ0v) is 11.0. The third-order valence-electron chi connectivity index (χ3n) is 3.20. The first-order chi connectivity index (χ1) is 7.70. The summed E-state index contributed by atoms with van der Waals surface area (Å²) in [5, 5.41) is 4.15. The predicted molar refractivity (Wildman–Crippen MR) is 68.9 cm³/mol. The van der Waals surface area contributed by atoms with Crippen molar-refractivity contribution in [2.24, 2.45) is 0 Å². The molecule has 2 heterocycles. The van der Waals surface area contributed by atoms with Crippen LogP contribution in [0.15, 0.2) is 16.5 Å². The van der Waals surface area contributed by atoms with Gasteiger partial charge in [-0.2, -0.15) is 11.8 Å². The van der Waals surface area contributed by atoms with Crippen molar-refractivity contribution >= 4 is 11.8 Å². The highest BCUT2D eigenvalue weighted by Gasteiger charge is 2.29. The van der Waals surface area contributed by atoms with E-state index in [1.807, 2.05) is 24.8 Å². The molecule has 2 rings (SSSR count). The lowest BCUT2D eigenvalue weighted by Gasteiger charge is -2.27. The number of rotatable bonds is 4. The van der Waals surface area contributed by atoms with Crippen LogP contribution in [0.5, 0.6) is 0 Å². The van der Waals surface area contributed by atoms with Crippen LogP contribution in [-0.2, 0) is 6.54 Å². The normalized spacial score (nSPS) is 25.5. The molecule has 16 heavy (non-hydrogen) atoms. The molecule has 1 saturated heterocycles. The van der Waals surface area contributed by atoms with E-state index in [0.29, 0.717) is 11.3 Å². The second-order valence-corrected chi connectivity index (χ2v) is 5.50. The van der Waals surface area contributed by atoms with E-state index in [1.54, 1.807) is 0 Å². The molecule has 0 spiro atoms. The molecular weight excluding hydrogens is 220 g/mol. The molecule has 1 fully saturated rings. The summed E-state index contributed by atoms with van der Waals surface area (Å²) in [6, 6.07) is 4.71. The second-order valence-electron chi connectivity index (χ2n) is 4.43. The molecule has 1 aromatic heterocycles. The van der Waals surface area contributed by atoms with Crippen molar-refractivity contribution in [3.05, 3.63) is 23.7 Å². The Morgan fingerprint density at radius 3 is 2.94 bits per heavy atom. The van der Waals surface area contributed by atoms with Crippen LogP contribution >= 0.6 is 11.8 Å². The van der Waals surface area contributed by atoms with Gasteiger partial charge in [-0.25, -0.2) is 0 Å². The van der Waals surface area contributed by atoms with E-state index >= 15 is 0 Å². The van der Waals surface area contributed by atoms with Crippen molar-refractivity contribution in [3.8, 4) is 0 Å². The first kappa shape index (κ1) is 12.0. The van der Waals surface area contributed by atoms with Crippen LogP contribution < -0.4 is 5.32 Å². The fourth-order valence-electron chi connectivity index (χ4n) is 2.25. The number of furan rings is 1. The van der Waals surface area contributed by atoms with Crippen molar-refractivity contribution in [2.45, 2.75) is 24.8 Å². The molecule has 0 aliphatic carbocycles. The molecule has 3 nitrogen and oxygen atoms in total. The van der Waals surface area contributed by atoms with Gasteiger partial charge in [0.25, 0.3) is 0 Å². The summed E-state index contributed by atoms with van der Waals surface area (Å²) in [5.74, 6) is 2.06. The molecule has 1 aromatic rings. The summed E-state index contributed by atoms with van der Waals surface area (Å²) in [6.45, 7) is 5.09. The standard InChI is InChI=1S/C12H20N2OS/c1-9-4-5-10(15-9)8-14(2)11-6-13-7-12(11)16-3/h4-5,11-13H,6-8H2,1-3H3. The van der Waals surface area contributed by atoms with Crippen LogP contribution in [-0.4, -0.2) is 42.6 Å². The van der Waals surface area contributed by atoms with Gasteiger partial charge in [-0.1, -0.05) is 0 Å². The van der Waals surface area contributed by atoms with Crippen molar-refractivity contribution in [1.29, 1.82) is 0 Å². The van der Waals surface area contributed by atoms with Gasteiger partial charge in [-0.3, -0.25) is 4.90 Å². The van der Waals surface area contributed by atoms with E-state index in [4.69, 9.17) is 4.42 Å². The zero-order valence-electron chi connectivity index (χ0n) is 10.2. The smallest absolute Gasteiger partial charge is 0.118 e. The third kappa shape index (κ3) is 2.62. The molecule has 4 heteroatoms. The summed E-state index contributed by atoms with van der Waals surface area (Å²) in [7, 11) is 2.18. The Hall–Kier alpha value is -0.450. The lowest BCUT2D eigenvalue weighted by Crippen LogP contribution is -2.38. The Kier molecular flexibility index (Phi) is 3.95. The summed E-state index contributed by atoms with van der Waals surface area (Å²) in [6.07, 6.45) is 2.19. The molecule has 1 aliphatic heterocycles. The number of likely N-dealkylation sites (N-methyl/N-ethyl adjacent to an activating group) is 1. The molecular formula is C12H20N2OS. The number of hydrogen-bond donors (Lipinski definition) is 1. The highest BCUT2D eigenvalue weighted by molar-refractivity contribution is 7.99. The van der Waals surface area contributed by atoms with Gasteiger partial charge in [0.15, 0.2) is 0 Å². The topological polar surface area (TPSA) is 28.4 Å². The van der Waals surface area contributed by atoms with Crippen molar-refractivity contribution in [2.75, 3.05) is 26.4 Å². The third-order valence-corrected chi connectivity index (χ3v) is 4.28. The lowest BCUT2D eigenvalue weighted by atomic mass is 10.2. The van der Waals surface area contributed by atoms with Crippen molar-refractivity contribution in [1.82, 2.24) is 10.2 Å².